The summed E-state index contributed by atoms with van der Waals surface area (Å²) in [5.74, 6) is 0.273. The number of aromatic nitrogens is 1. The van der Waals surface area contributed by atoms with Crippen LogP contribution in [-0.4, -0.2) is 40.8 Å². The van der Waals surface area contributed by atoms with Crippen LogP contribution >= 0.6 is 11.3 Å². The molecule has 0 aliphatic carbocycles. The lowest BCUT2D eigenvalue weighted by Crippen LogP contribution is -2.46. The Kier molecular flexibility index (Phi) is 5.62. The first kappa shape index (κ1) is 19.6. The van der Waals surface area contributed by atoms with E-state index in [0.717, 1.165) is 35.0 Å². The number of thiophene rings is 1. The van der Waals surface area contributed by atoms with Gasteiger partial charge in [0, 0.05) is 41.2 Å². The van der Waals surface area contributed by atoms with E-state index in [-0.39, 0.29) is 23.8 Å². The van der Waals surface area contributed by atoms with Crippen molar-refractivity contribution in [1.82, 2.24) is 15.2 Å². The molecule has 0 bridgehead atoms. The number of carbonyl (C=O) groups excluding carboxylic acids is 2. The maximum absolute atomic E-state index is 13.3. The first-order valence-electron chi connectivity index (χ1n) is 10.0. The molecule has 2 amide bonds. The Bertz CT molecular complexity index is 1020. The second kappa shape index (κ2) is 8.33. The van der Waals surface area contributed by atoms with Crippen LogP contribution in [0.25, 0.3) is 10.9 Å². The van der Waals surface area contributed by atoms with Gasteiger partial charge in [-0.3, -0.25) is 14.6 Å². The average molecular weight is 408 g/mol. The second-order valence-corrected chi connectivity index (χ2v) is 8.60. The van der Waals surface area contributed by atoms with Gasteiger partial charge in [0.05, 0.1) is 11.1 Å². The topological polar surface area (TPSA) is 62.3 Å². The van der Waals surface area contributed by atoms with Gasteiger partial charge in [-0.05, 0) is 42.3 Å². The second-order valence-electron chi connectivity index (χ2n) is 7.82. The number of likely N-dealkylation sites (tertiary alicyclic amines) is 1. The molecular weight excluding hydrogens is 382 g/mol. The van der Waals surface area contributed by atoms with Gasteiger partial charge in [-0.2, -0.15) is 11.3 Å². The van der Waals surface area contributed by atoms with Crippen LogP contribution in [0, 0.1) is 0 Å². The maximum Gasteiger partial charge on any atom is 0.254 e. The smallest absolute Gasteiger partial charge is 0.254 e. The van der Waals surface area contributed by atoms with Gasteiger partial charge in [-0.15, -0.1) is 0 Å². The zero-order valence-electron chi connectivity index (χ0n) is 16.7. The average Bonchev–Trinajstić information content (AvgIpc) is 3.28. The maximum atomic E-state index is 13.3. The quantitative estimate of drug-likeness (QED) is 0.695. The van der Waals surface area contributed by atoms with Crippen molar-refractivity contribution in [2.24, 2.45) is 0 Å². The summed E-state index contributed by atoms with van der Waals surface area (Å²) >= 11 is 1.52. The number of hydrogen-bond donors (Lipinski definition) is 1. The van der Waals surface area contributed by atoms with E-state index in [2.05, 4.69) is 19.2 Å². The SMILES string of the molecule is CC(C)c1cc(C(=O)N2CCC(NC(=O)c3ccsc3)CC2)c2ccccc2n1. The molecular formula is C23H25N3O2S. The van der Waals surface area contributed by atoms with E-state index in [1.54, 1.807) is 0 Å². The highest BCUT2D eigenvalue weighted by molar-refractivity contribution is 7.08. The zero-order chi connectivity index (χ0) is 20.4. The lowest BCUT2D eigenvalue weighted by Gasteiger charge is -2.32. The van der Waals surface area contributed by atoms with Crippen LogP contribution in [0.5, 0.6) is 0 Å². The third kappa shape index (κ3) is 4.17. The van der Waals surface area contributed by atoms with Crippen LogP contribution in [-0.2, 0) is 0 Å². The minimum Gasteiger partial charge on any atom is -0.349 e. The summed E-state index contributed by atoms with van der Waals surface area (Å²) in [6.07, 6.45) is 1.53. The van der Waals surface area contributed by atoms with Gasteiger partial charge in [0.2, 0.25) is 0 Å². The van der Waals surface area contributed by atoms with E-state index in [9.17, 15) is 9.59 Å². The lowest BCUT2D eigenvalue weighted by atomic mass is 9.99. The Hall–Kier alpha value is -2.73. The molecule has 150 valence electrons. The number of carbonyl (C=O) groups is 2. The molecule has 1 aliphatic heterocycles. The number of nitrogens with zero attached hydrogens (tertiary/aromatic N) is 2. The molecule has 0 unspecified atom stereocenters. The number of benzene rings is 1. The van der Waals surface area contributed by atoms with Crippen LogP contribution in [0.1, 0.15) is 59.0 Å². The van der Waals surface area contributed by atoms with Gasteiger partial charge in [0.25, 0.3) is 11.8 Å². The number of rotatable bonds is 4. The van der Waals surface area contributed by atoms with E-state index in [0.29, 0.717) is 18.7 Å². The molecule has 5 nitrogen and oxygen atoms in total. The molecule has 6 heteroatoms. The fourth-order valence-electron chi connectivity index (χ4n) is 3.73. The fourth-order valence-corrected chi connectivity index (χ4v) is 4.36. The van der Waals surface area contributed by atoms with Crippen LogP contribution in [0.2, 0.25) is 0 Å². The van der Waals surface area contributed by atoms with Crippen molar-refractivity contribution in [3.63, 3.8) is 0 Å². The molecule has 1 fully saturated rings. The first-order valence-corrected chi connectivity index (χ1v) is 11.0. The van der Waals surface area contributed by atoms with Crippen LogP contribution in [0.15, 0.2) is 47.2 Å². The van der Waals surface area contributed by atoms with Crippen LogP contribution in [0.4, 0.5) is 0 Å². The van der Waals surface area contributed by atoms with Crippen molar-refractivity contribution in [3.8, 4) is 0 Å². The number of para-hydroxylation sites is 1. The summed E-state index contributed by atoms with van der Waals surface area (Å²) in [7, 11) is 0. The van der Waals surface area contributed by atoms with E-state index < -0.39 is 0 Å². The molecule has 2 aromatic heterocycles. The van der Waals surface area contributed by atoms with E-state index in [4.69, 9.17) is 4.98 Å². The van der Waals surface area contributed by atoms with Crippen molar-refractivity contribution < 1.29 is 9.59 Å². The molecule has 0 atom stereocenters. The molecule has 0 saturated carbocycles. The molecule has 0 radical (unpaired) electrons. The van der Waals surface area contributed by atoms with Gasteiger partial charge in [-0.25, -0.2) is 0 Å². The number of amides is 2. The van der Waals surface area contributed by atoms with Crippen molar-refractivity contribution in [2.45, 2.75) is 38.6 Å². The molecule has 1 aliphatic rings. The van der Waals surface area contributed by atoms with Gasteiger partial charge in [-0.1, -0.05) is 32.0 Å². The standard InChI is InChI=1S/C23H25N3O2S/c1-15(2)21-13-19(18-5-3-4-6-20(18)25-21)23(28)26-10-7-17(8-11-26)24-22(27)16-9-12-29-14-16/h3-6,9,12-15,17H,7-8,10-11H2,1-2H3,(H,24,27). The molecule has 29 heavy (non-hydrogen) atoms. The number of hydrogen-bond acceptors (Lipinski definition) is 4. The van der Waals surface area contributed by atoms with Crippen LogP contribution in [0.3, 0.4) is 0 Å². The highest BCUT2D eigenvalue weighted by Gasteiger charge is 2.26. The highest BCUT2D eigenvalue weighted by atomic mass is 32.1. The van der Waals surface area contributed by atoms with Crippen molar-refractivity contribution in [2.75, 3.05) is 13.1 Å². The Morgan fingerprint density at radius 3 is 2.62 bits per heavy atom. The number of piperidine rings is 1. The molecule has 1 N–H and O–H groups in total. The monoisotopic (exact) mass is 407 g/mol. The van der Waals surface area contributed by atoms with Crippen molar-refractivity contribution >= 4 is 34.1 Å². The largest absolute Gasteiger partial charge is 0.349 e. The summed E-state index contributed by atoms with van der Waals surface area (Å²) in [5, 5.41) is 7.75. The van der Waals surface area contributed by atoms with Crippen LogP contribution < -0.4 is 5.32 Å². The predicted octanol–water partition coefficient (Wildman–Crippen LogP) is 4.45. The van der Waals surface area contributed by atoms with Crippen molar-refractivity contribution in [1.29, 1.82) is 0 Å². The third-order valence-electron chi connectivity index (χ3n) is 5.46. The summed E-state index contributed by atoms with van der Waals surface area (Å²) in [5.41, 5.74) is 3.22. The Labute approximate surface area is 174 Å². The summed E-state index contributed by atoms with van der Waals surface area (Å²) in [6, 6.07) is 11.7. The number of nitrogens with one attached hydrogen (secondary N) is 1. The van der Waals surface area contributed by atoms with E-state index in [1.807, 2.05) is 52.1 Å². The molecule has 1 saturated heterocycles. The van der Waals surface area contributed by atoms with Gasteiger partial charge >= 0.3 is 0 Å². The molecule has 3 heterocycles. The third-order valence-corrected chi connectivity index (χ3v) is 6.14. The molecule has 0 spiro atoms. The summed E-state index contributed by atoms with van der Waals surface area (Å²) in [6.45, 7) is 5.46. The minimum absolute atomic E-state index is 0.0299. The zero-order valence-corrected chi connectivity index (χ0v) is 17.5. The lowest BCUT2D eigenvalue weighted by molar-refractivity contribution is 0.0700. The molecule has 4 rings (SSSR count). The normalized spacial score (nSPS) is 15.1. The molecule has 1 aromatic carbocycles. The minimum atomic E-state index is -0.0299. The molecule has 3 aromatic rings. The van der Waals surface area contributed by atoms with E-state index in [1.165, 1.54) is 11.3 Å². The Morgan fingerprint density at radius 2 is 1.93 bits per heavy atom. The van der Waals surface area contributed by atoms with E-state index >= 15 is 0 Å². The van der Waals surface area contributed by atoms with Crippen molar-refractivity contribution in [3.05, 3.63) is 64.0 Å². The highest BCUT2D eigenvalue weighted by Crippen LogP contribution is 2.25. The summed E-state index contributed by atoms with van der Waals surface area (Å²) in [4.78, 5) is 32.2. The Morgan fingerprint density at radius 1 is 1.17 bits per heavy atom. The number of pyridine rings is 1. The van der Waals surface area contributed by atoms with Gasteiger partial charge < -0.3 is 10.2 Å². The summed E-state index contributed by atoms with van der Waals surface area (Å²) < 4.78 is 0. The van der Waals surface area contributed by atoms with Gasteiger partial charge in [0.1, 0.15) is 0 Å². The fraction of sp³-hybridized carbons (Fsp3) is 0.348. The number of fused-ring (bicyclic) bond motifs is 1. The first-order chi connectivity index (χ1) is 14.0. The predicted molar refractivity (Wildman–Crippen MR) is 117 cm³/mol. The van der Waals surface area contributed by atoms with Gasteiger partial charge in [0.15, 0.2) is 0 Å². The Balaban J connectivity index is 1.48.